The van der Waals surface area contributed by atoms with Gasteiger partial charge in [0.25, 0.3) is 0 Å². The number of likely N-dealkylation sites (tertiary alicyclic amines) is 1. The van der Waals surface area contributed by atoms with E-state index in [9.17, 15) is 26.0 Å². The number of rotatable bonds is 7. The molecule has 1 N–H and O–H groups in total. The summed E-state index contributed by atoms with van der Waals surface area (Å²) >= 11 is 4.78. The molecule has 1 aliphatic rings. The molecule has 4 rings (SSSR count). The van der Waals surface area contributed by atoms with E-state index in [0.29, 0.717) is 15.9 Å². The maximum atomic E-state index is 14.9. The Bertz CT molecular complexity index is 1340. The van der Waals surface area contributed by atoms with E-state index in [2.05, 4.69) is 37.9 Å². The van der Waals surface area contributed by atoms with Gasteiger partial charge in [0.1, 0.15) is 10.7 Å². The number of aliphatic carboxylic acids is 1. The van der Waals surface area contributed by atoms with Crippen LogP contribution in [0.15, 0.2) is 62.7 Å². The van der Waals surface area contributed by atoms with Gasteiger partial charge in [0, 0.05) is 42.6 Å². The molecule has 1 saturated heterocycles. The highest BCUT2D eigenvalue weighted by molar-refractivity contribution is 9.10. The summed E-state index contributed by atoms with van der Waals surface area (Å²) in [6.07, 6.45) is -4.12. The van der Waals surface area contributed by atoms with Crippen molar-refractivity contribution in [3.8, 4) is 0 Å². The largest absolute Gasteiger partial charge is 0.490 e. The van der Waals surface area contributed by atoms with Gasteiger partial charge in [0.05, 0.1) is 22.6 Å². The first-order valence-electron chi connectivity index (χ1n) is 11.2. The van der Waals surface area contributed by atoms with E-state index in [1.165, 1.54) is 29.0 Å². The quantitative estimate of drug-likeness (QED) is 0.349. The second-order valence-corrected chi connectivity index (χ2v) is 12.1. The fourth-order valence-corrected chi connectivity index (χ4v) is 6.71. The number of aromatic nitrogens is 1. The lowest BCUT2D eigenvalue weighted by Gasteiger charge is -2.28. The van der Waals surface area contributed by atoms with Crippen LogP contribution >= 0.6 is 27.3 Å². The van der Waals surface area contributed by atoms with E-state index in [1.807, 2.05) is 30.1 Å². The van der Waals surface area contributed by atoms with Crippen LogP contribution in [-0.2, 0) is 26.9 Å². The van der Waals surface area contributed by atoms with Gasteiger partial charge in [-0.3, -0.25) is 4.90 Å². The van der Waals surface area contributed by atoms with Gasteiger partial charge in [-0.2, -0.15) is 13.2 Å². The van der Waals surface area contributed by atoms with Gasteiger partial charge < -0.3 is 10.0 Å². The number of carbonyl (C=O) groups is 1. The van der Waals surface area contributed by atoms with Gasteiger partial charge in [-0.25, -0.2) is 22.6 Å². The third-order valence-electron chi connectivity index (χ3n) is 5.82. The molecular formula is C24H24BrF4N3O4S2. The highest BCUT2D eigenvalue weighted by Crippen LogP contribution is 2.34. The van der Waals surface area contributed by atoms with Gasteiger partial charge >= 0.3 is 12.1 Å². The summed E-state index contributed by atoms with van der Waals surface area (Å²) in [6.45, 7) is 2.71. The summed E-state index contributed by atoms with van der Waals surface area (Å²) in [5, 5.41) is 8.79. The van der Waals surface area contributed by atoms with Crippen molar-refractivity contribution in [2.24, 2.45) is 0 Å². The number of benzene rings is 2. The van der Waals surface area contributed by atoms with Crippen LogP contribution in [0.5, 0.6) is 0 Å². The van der Waals surface area contributed by atoms with Crippen LogP contribution in [-0.4, -0.2) is 61.7 Å². The molecule has 0 radical (unpaired) electrons. The molecule has 0 amide bonds. The van der Waals surface area contributed by atoms with Gasteiger partial charge in [0.15, 0.2) is 9.84 Å². The second-order valence-electron chi connectivity index (χ2n) is 8.55. The third kappa shape index (κ3) is 7.98. The lowest BCUT2D eigenvalue weighted by Crippen LogP contribution is -2.34. The van der Waals surface area contributed by atoms with Crippen LogP contribution in [0.3, 0.4) is 0 Å². The molecule has 206 valence electrons. The normalized spacial score (nSPS) is 16.1. The van der Waals surface area contributed by atoms with Crippen LogP contribution < -0.4 is 4.90 Å². The number of alkyl halides is 3. The smallest absolute Gasteiger partial charge is 0.475 e. The molecule has 1 atom stereocenters. The van der Waals surface area contributed by atoms with Crippen LogP contribution in [0.25, 0.3) is 0 Å². The molecule has 1 fully saturated rings. The van der Waals surface area contributed by atoms with E-state index in [-0.39, 0.29) is 16.7 Å². The minimum absolute atomic E-state index is 0.219. The number of likely N-dealkylation sites (N-methyl/N-ethyl adjacent to an activating group) is 1. The van der Waals surface area contributed by atoms with Crippen LogP contribution in [0, 0.1) is 5.82 Å². The van der Waals surface area contributed by atoms with E-state index in [0.717, 1.165) is 26.1 Å². The predicted molar refractivity (Wildman–Crippen MR) is 139 cm³/mol. The zero-order valence-electron chi connectivity index (χ0n) is 20.0. The topological polar surface area (TPSA) is 90.8 Å². The Morgan fingerprint density at radius 1 is 1.26 bits per heavy atom. The Kier molecular flexibility index (Phi) is 9.90. The van der Waals surface area contributed by atoms with Crippen LogP contribution in [0.1, 0.15) is 17.7 Å². The lowest BCUT2D eigenvalue weighted by molar-refractivity contribution is -0.192. The first-order valence-corrected chi connectivity index (χ1v) is 14.5. The first kappa shape index (κ1) is 30.0. The van der Waals surface area contributed by atoms with Crippen molar-refractivity contribution in [1.82, 2.24) is 9.88 Å². The molecule has 0 aliphatic carbocycles. The number of carboxylic acids is 1. The summed E-state index contributed by atoms with van der Waals surface area (Å²) in [7, 11) is -1.90. The van der Waals surface area contributed by atoms with E-state index >= 15 is 0 Å². The number of carboxylic acid groups (broad SMARTS) is 1. The van der Waals surface area contributed by atoms with Gasteiger partial charge in [-0.1, -0.05) is 30.3 Å². The molecule has 14 heteroatoms. The SMILES string of the molecule is CN(c1cc(F)c(S(=O)(=O)Cc2cscn2)cc1Br)[C@H]1CCN(Cc2ccccc2)C1.O=C(O)C(F)(F)F. The van der Waals surface area contributed by atoms with Crippen molar-refractivity contribution in [1.29, 1.82) is 0 Å². The number of anilines is 1. The molecule has 2 aromatic carbocycles. The number of hydrogen-bond acceptors (Lipinski definition) is 7. The highest BCUT2D eigenvalue weighted by Gasteiger charge is 2.38. The summed E-state index contributed by atoms with van der Waals surface area (Å²) in [5.74, 6) is -3.81. The van der Waals surface area contributed by atoms with Crippen molar-refractivity contribution in [2.45, 2.75) is 35.8 Å². The lowest BCUT2D eigenvalue weighted by atomic mass is 10.2. The first-order chi connectivity index (χ1) is 17.8. The minimum atomic E-state index is -5.08. The standard InChI is InChI=1S/C22H23BrFN3O2S2.C2HF3O2/c1-26(18-7-8-27(12-18)11-16-5-3-2-4-6-16)21-10-20(24)22(9-19(21)23)31(28,29)14-17-13-30-15-25-17;3-2(4,5)1(6)7/h2-6,9-10,13,15,18H,7-8,11-12,14H2,1H3;(H,6,7)/t18-;/m0./s1. The summed E-state index contributed by atoms with van der Waals surface area (Å²) in [4.78, 5) is 17.0. The van der Waals surface area contributed by atoms with Crippen molar-refractivity contribution in [2.75, 3.05) is 25.0 Å². The Morgan fingerprint density at radius 2 is 1.92 bits per heavy atom. The van der Waals surface area contributed by atoms with Crippen molar-refractivity contribution in [3.63, 3.8) is 0 Å². The average molecular weight is 639 g/mol. The molecule has 2 heterocycles. The van der Waals surface area contributed by atoms with Gasteiger partial charge in [0.2, 0.25) is 0 Å². The summed E-state index contributed by atoms with van der Waals surface area (Å²) in [6, 6.07) is 13.2. The Hall–Kier alpha value is -2.55. The maximum Gasteiger partial charge on any atom is 0.490 e. The molecule has 0 spiro atoms. The number of sulfone groups is 1. The van der Waals surface area contributed by atoms with Crippen LogP contribution in [0.2, 0.25) is 0 Å². The minimum Gasteiger partial charge on any atom is -0.475 e. The van der Waals surface area contributed by atoms with Crippen molar-refractivity contribution >= 4 is 48.8 Å². The third-order valence-corrected chi connectivity index (χ3v) is 8.75. The maximum absolute atomic E-state index is 14.9. The molecule has 0 bridgehead atoms. The molecule has 3 aromatic rings. The molecule has 7 nitrogen and oxygen atoms in total. The summed E-state index contributed by atoms with van der Waals surface area (Å²) < 4.78 is 72.6. The van der Waals surface area contributed by atoms with E-state index < -0.39 is 27.8 Å². The number of nitrogens with zero attached hydrogens (tertiary/aromatic N) is 3. The highest BCUT2D eigenvalue weighted by atomic mass is 79.9. The Labute approximate surface area is 229 Å². The zero-order chi connectivity index (χ0) is 28.1. The molecule has 1 aromatic heterocycles. The Balaban J connectivity index is 0.000000505. The summed E-state index contributed by atoms with van der Waals surface area (Å²) in [5.41, 5.74) is 3.91. The fourth-order valence-electron chi connectivity index (χ4n) is 3.92. The van der Waals surface area contributed by atoms with E-state index in [4.69, 9.17) is 9.90 Å². The number of hydrogen-bond donors (Lipinski definition) is 1. The monoisotopic (exact) mass is 637 g/mol. The van der Waals surface area contributed by atoms with Crippen LogP contribution in [0.4, 0.5) is 23.2 Å². The number of thiazole rings is 1. The van der Waals surface area contributed by atoms with E-state index in [1.54, 1.807) is 10.9 Å². The van der Waals surface area contributed by atoms with Gasteiger partial charge in [-0.05, 0) is 40.0 Å². The molecular weight excluding hydrogens is 614 g/mol. The van der Waals surface area contributed by atoms with Crippen molar-refractivity contribution in [3.05, 3.63) is 74.9 Å². The fraction of sp³-hybridized carbons (Fsp3) is 0.333. The molecule has 38 heavy (non-hydrogen) atoms. The second kappa shape index (κ2) is 12.5. The Morgan fingerprint density at radius 3 is 2.50 bits per heavy atom. The van der Waals surface area contributed by atoms with Crippen molar-refractivity contribution < 1.29 is 35.9 Å². The predicted octanol–water partition coefficient (Wildman–Crippen LogP) is 5.36. The molecule has 0 unspecified atom stereocenters. The van der Waals surface area contributed by atoms with Gasteiger partial charge in [-0.15, -0.1) is 11.3 Å². The molecule has 1 aliphatic heterocycles. The number of halogens is 5. The molecule has 0 saturated carbocycles. The zero-order valence-corrected chi connectivity index (χ0v) is 23.2. The average Bonchev–Trinajstić information content (AvgIpc) is 3.52.